The first-order valence-electron chi connectivity index (χ1n) is 7.15. The second-order valence-electron chi connectivity index (χ2n) is 5.74. The molecule has 1 atom stereocenters. The van der Waals surface area contributed by atoms with Gasteiger partial charge in [-0.15, -0.1) is 0 Å². The van der Waals surface area contributed by atoms with Crippen LogP contribution >= 0.6 is 0 Å². The fourth-order valence-corrected chi connectivity index (χ4v) is 3.51. The number of hydrogen-bond acceptors (Lipinski definition) is 1. The van der Waals surface area contributed by atoms with Crippen LogP contribution in [-0.2, 0) is 6.54 Å². The van der Waals surface area contributed by atoms with Crippen molar-refractivity contribution in [1.82, 2.24) is 0 Å². The van der Waals surface area contributed by atoms with Crippen LogP contribution < -0.4 is 15.0 Å². The molecule has 2 bridgehead atoms. The van der Waals surface area contributed by atoms with Crippen LogP contribution in [0, 0.1) is 5.92 Å². The predicted octanol–water partition coefficient (Wildman–Crippen LogP) is -0.564. The lowest BCUT2D eigenvalue weighted by molar-refractivity contribution is -0.943. The van der Waals surface area contributed by atoms with E-state index >= 15 is 0 Å². The van der Waals surface area contributed by atoms with Gasteiger partial charge in [-0.05, 0) is 24.3 Å². The molecule has 3 heteroatoms. The van der Waals surface area contributed by atoms with Gasteiger partial charge in [0.2, 0.25) is 0 Å². The lowest BCUT2D eigenvalue weighted by atomic mass is 9.84. The highest BCUT2D eigenvalue weighted by molar-refractivity contribution is 5.26. The van der Waals surface area contributed by atoms with Crippen LogP contribution in [0.5, 0.6) is 5.75 Å². The fourth-order valence-electron chi connectivity index (χ4n) is 3.51. The van der Waals surface area contributed by atoms with Crippen molar-refractivity contribution >= 4 is 0 Å². The van der Waals surface area contributed by atoms with Crippen molar-refractivity contribution in [3.8, 4) is 5.75 Å². The molecule has 1 aromatic rings. The topological polar surface area (TPSA) is 30.3 Å². The lowest BCUT2D eigenvalue weighted by Gasteiger charge is -2.40. The summed E-state index contributed by atoms with van der Waals surface area (Å²) in [5.74, 6) is 1.92. The van der Waals surface area contributed by atoms with Gasteiger partial charge in [0.15, 0.2) is 0 Å². The molecule has 3 nitrogen and oxygen atoms in total. The van der Waals surface area contributed by atoms with E-state index in [2.05, 4.69) is 29.6 Å². The molecule has 3 aliphatic heterocycles. The average molecular weight is 248 g/mol. The van der Waals surface area contributed by atoms with Crippen molar-refractivity contribution in [3.05, 3.63) is 29.8 Å². The number of quaternary nitrogens is 2. The first-order valence-corrected chi connectivity index (χ1v) is 7.15. The minimum absolute atomic E-state index is 0.851. The van der Waals surface area contributed by atoms with E-state index in [9.17, 15) is 0 Å². The zero-order valence-electron chi connectivity index (χ0n) is 11.2. The summed E-state index contributed by atoms with van der Waals surface area (Å²) in [7, 11) is 1.72. The molecule has 0 radical (unpaired) electrons. The van der Waals surface area contributed by atoms with Gasteiger partial charge >= 0.3 is 0 Å². The van der Waals surface area contributed by atoms with E-state index in [1.165, 1.54) is 38.0 Å². The van der Waals surface area contributed by atoms with Gasteiger partial charge in [0.05, 0.1) is 20.2 Å². The van der Waals surface area contributed by atoms with E-state index < -0.39 is 0 Å². The van der Waals surface area contributed by atoms with E-state index in [0.717, 1.165) is 24.3 Å². The second-order valence-corrected chi connectivity index (χ2v) is 5.74. The highest BCUT2D eigenvalue weighted by Crippen LogP contribution is 2.16. The maximum Gasteiger partial charge on any atom is 0.139 e. The minimum atomic E-state index is 0.851. The van der Waals surface area contributed by atoms with Gasteiger partial charge in [0.1, 0.15) is 24.9 Å². The summed E-state index contributed by atoms with van der Waals surface area (Å²) >= 11 is 0. The van der Waals surface area contributed by atoms with E-state index in [1.54, 1.807) is 7.11 Å². The average Bonchev–Trinajstić information content (AvgIpc) is 2.47. The van der Waals surface area contributed by atoms with Gasteiger partial charge in [-0.3, -0.25) is 0 Å². The van der Waals surface area contributed by atoms with Crippen LogP contribution in [-0.4, -0.2) is 32.8 Å². The molecule has 0 spiro atoms. The lowest BCUT2D eigenvalue weighted by Crippen LogP contribution is -3.20. The third kappa shape index (κ3) is 2.52. The van der Waals surface area contributed by atoms with Gasteiger partial charge in [0, 0.05) is 24.3 Å². The summed E-state index contributed by atoms with van der Waals surface area (Å²) in [4.78, 5) is 1.83. The molecular formula is C15H24N2O+2. The van der Waals surface area contributed by atoms with Crippen LogP contribution in [0.25, 0.3) is 0 Å². The predicted molar refractivity (Wildman–Crippen MR) is 70.7 cm³/mol. The number of nitrogens with two attached hydrogens (primary N) is 1. The Bertz CT molecular complexity index is 382. The summed E-state index contributed by atoms with van der Waals surface area (Å²) in [6, 6.07) is 9.34. The standard InChI is InChI=1S/C15H22N2O/c1-18-14-4-2-12(3-5-14)10-16-15-11-17-8-6-13(15)7-9-17/h2-5,13,15-16H,6-11H2,1H3/p+2/t15-/m1/s1. The van der Waals surface area contributed by atoms with Crippen molar-refractivity contribution in [1.29, 1.82) is 0 Å². The smallest absolute Gasteiger partial charge is 0.139 e. The number of hydrogen-bond donors (Lipinski definition) is 2. The van der Waals surface area contributed by atoms with Gasteiger partial charge in [0.25, 0.3) is 0 Å². The quantitative estimate of drug-likeness (QED) is 0.735. The van der Waals surface area contributed by atoms with E-state index in [0.29, 0.717) is 0 Å². The summed E-state index contributed by atoms with van der Waals surface area (Å²) in [6.07, 6.45) is 2.89. The second kappa shape index (κ2) is 5.29. The summed E-state index contributed by atoms with van der Waals surface area (Å²) < 4.78 is 5.19. The summed E-state index contributed by atoms with van der Waals surface area (Å²) in [5, 5.41) is 2.56. The molecule has 18 heavy (non-hydrogen) atoms. The zero-order valence-corrected chi connectivity index (χ0v) is 11.2. The number of benzene rings is 1. The molecule has 0 amide bonds. The maximum atomic E-state index is 5.19. The van der Waals surface area contributed by atoms with E-state index in [1.807, 2.05) is 4.90 Å². The van der Waals surface area contributed by atoms with Crippen LogP contribution in [0.1, 0.15) is 18.4 Å². The Morgan fingerprint density at radius 1 is 1.22 bits per heavy atom. The third-order valence-corrected chi connectivity index (χ3v) is 4.68. The molecule has 0 unspecified atom stereocenters. The molecule has 98 valence electrons. The first kappa shape index (κ1) is 12.0. The number of ether oxygens (including phenoxy) is 1. The van der Waals surface area contributed by atoms with Gasteiger partial charge in [-0.1, -0.05) is 0 Å². The Balaban J connectivity index is 1.54. The Morgan fingerprint density at radius 3 is 2.50 bits per heavy atom. The van der Waals surface area contributed by atoms with Crippen molar-refractivity contribution < 1.29 is 15.0 Å². The van der Waals surface area contributed by atoms with Crippen molar-refractivity contribution in [3.63, 3.8) is 0 Å². The Morgan fingerprint density at radius 2 is 1.94 bits per heavy atom. The number of methoxy groups -OCH3 is 1. The molecule has 4 rings (SSSR count). The monoisotopic (exact) mass is 248 g/mol. The Kier molecular flexibility index (Phi) is 3.52. The van der Waals surface area contributed by atoms with Gasteiger partial charge in [-0.25, -0.2) is 0 Å². The van der Waals surface area contributed by atoms with Crippen molar-refractivity contribution in [2.75, 3.05) is 26.7 Å². The number of piperidine rings is 3. The fraction of sp³-hybridized carbons (Fsp3) is 0.600. The van der Waals surface area contributed by atoms with Crippen molar-refractivity contribution in [2.24, 2.45) is 5.92 Å². The molecule has 3 saturated heterocycles. The van der Waals surface area contributed by atoms with Gasteiger partial charge < -0.3 is 15.0 Å². The van der Waals surface area contributed by atoms with Crippen LogP contribution in [0.15, 0.2) is 24.3 Å². The van der Waals surface area contributed by atoms with Crippen LogP contribution in [0.2, 0.25) is 0 Å². The minimum Gasteiger partial charge on any atom is -0.497 e. The van der Waals surface area contributed by atoms with Gasteiger partial charge in [-0.2, -0.15) is 0 Å². The maximum absolute atomic E-state index is 5.19. The molecule has 3 fully saturated rings. The number of nitrogens with one attached hydrogen (secondary N) is 1. The number of rotatable bonds is 4. The molecule has 3 aliphatic rings. The first-order chi connectivity index (χ1) is 8.85. The van der Waals surface area contributed by atoms with E-state index in [4.69, 9.17) is 4.74 Å². The molecule has 0 saturated carbocycles. The molecule has 3 N–H and O–H groups in total. The van der Waals surface area contributed by atoms with E-state index in [-0.39, 0.29) is 0 Å². The Hall–Kier alpha value is -1.06. The molecule has 0 aliphatic carbocycles. The number of fused-ring (bicyclic) bond motifs is 3. The largest absolute Gasteiger partial charge is 0.497 e. The van der Waals surface area contributed by atoms with Crippen molar-refractivity contribution in [2.45, 2.75) is 25.4 Å². The molecule has 3 heterocycles. The molecule has 1 aromatic carbocycles. The third-order valence-electron chi connectivity index (χ3n) is 4.68. The highest BCUT2D eigenvalue weighted by Gasteiger charge is 2.39. The zero-order chi connectivity index (χ0) is 12.4. The van der Waals surface area contributed by atoms with Crippen LogP contribution in [0.3, 0.4) is 0 Å². The summed E-state index contributed by atoms with van der Waals surface area (Å²) in [5.41, 5.74) is 1.40. The summed E-state index contributed by atoms with van der Waals surface area (Å²) in [6.45, 7) is 5.31. The molecule has 0 aromatic heterocycles. The highest BCUT2D eigenvalue weighted by atomic mass is 16.5. The SMILES string of the molecule is COc1ccc(C[NH2+][C@@H]2C[NH+]3CCC2CC3)cc1. The Labute approximate surface area is 109 Å². The normalized spacial score (nSPS) is 30.4. The molecular weight excluding hydrogens is 224 g/mol. The van der Waals surface area contributed by atoms with Crippen LogP contribution in [0.4, 0.5) is 0 Å².